The van der Waals surface area contributed by atoms with E-state index in [1.807, 2.05) is 55.6 Å². The zero-order valence-corrected chi connectivity index (χ0v) is 13.3. The van der Waals surface area contributed by atoms with Gasteiger partial charge in [-0.05, 0) is 23.8 Å². The van der Waals surface area contributed by atoms with Gasteiger partial charge in [0.15, 0.2) is 0 Å². The van der Waals surface area contributed by atoms with Gasteiger partial charge in [-0.15, -0.1) is 0 Å². The van der Waals surface area contributed by atoms with E-state index in [4.69, 9.17) is 21.2 Å². The van der Waals surface area contributed by atoms with Gasteiger partial charge in [0.2, 0.25) is 0 Å². The maximum atomic E-state index is 10.0. The molecule has 5 heteroatoms. The quantitative estimate of drug-likeness (QED) is 0.797. The average Bonchev–Trinajstić information content (AvgIpc) is 2.89. The summed E-state index contributed by atoms with van der Waals surface area (Å²) in [6, 6.07) is 17.6. The van der Waals surface area contributed by atoms with Gasteiger partial charge in [-0.1, -0.05) is 41.9 Å². The lowest BCUT2D eigenvalue weighted by Gasteiger charge is -2.37. The van der Waals surface area contributed by atoms with Gasteiger partial charge < -0.3 is 4.74 Å². The van der Waals surface area contributed by atoms with Crippen LogP contribution >= 0.6 is 11.6 Å². The third kappa shape index (κ3) is 2.05. The minimum Gasteiger partial charge on any atom is -0.491 e. The second-order valence-corrected chi connectivity index (χ2v) is 6.40. The molecule has 4 rings (SSSR count). The zero-order chi connectivity index (χ0) is 16.0. The predicted octanol–water partition coefficient (Wildman–Crippen LogP) is 3.90. The largest absolute Gasteiger partial charge is 0.491 e. The Hall–Kier alpha value is -2.06. The molecule has 0 aromatic heterocycles. The first kappa shape index (κ1) is 14.5. The molecule has 0 radical (unpaired) electrons. The van der Waals surface area contributed by atoms with Gasteiger partial charge in [0.25, 0.3) is 0 Å². The van der Waals surface area contributed by atoms with Crippen molar-refractivity contribution >= 4 is 11.6 Å². The van der Waals surface area contributed by atoms with Gasteiger partial charge in [0.1, 0.15) is 23.9 Å². The molecule has 2 aromatic carbocycles. The molecule has 2 aromatic rings. The Balaban J connectivity index is 1.86. The number of rotatable bonds is 1. The summed E-state index contributed by atoms with van der Waals surface area (Å²) in [5.74, 6) is 0.811. The van der Waals surface area contributed by atoms with Crippen molar-refractivity contribution in [3.05, 3.63) is 64.7 Å². The molecule has 4 nitrogen and oxygen atoms in total. The van der Waals surface area contributed by atoms with Crippen molar-refractivity contribution in [2.24, 2.45) is 5.41 Å². The van der Waals surface area contributed by atoms with Crippen LogP contribution < -0.4 is 4.74 Å². The fraction of sp³-hybridized carbons (Fsp3) is 0.278. The number of hydrogen-bond acceptors (Lipinski definition) is 4. The Morgan fingerprint density at radius 3 is 2.87 bits per heavy atom. The van der Waals surface area contributed by atoms with E-state index >= 15 is 0 Å². The van der Waals surface area contributed by atoms with Crippen molar-refractivity contribution in [2.75, 3.05) is 13.7 Å². The summed E-state index contributed by atoms with van der Waals surface area (Å²) >= 11 is 6.12. The molecule has 1 fully saturated rings. The lowest BCUT2D eigenvalue weighted by molar-refractivity contribution is -0.147. The highest BCUT2D eigenvalue weighted by Crippen LogP contribution is 2.58. The van der Waals surface area contributed by atoms with Crippen molar-refractivity contribution in [2.45, 2.75) is 12.1 Å². The van der Waals surface area contributed by atoms with Crippen LogP contribution in [0.4, 0.5) is 0 Å². The zero-order valence-electron chi connectivity index (χ0n) is 12.6. The Kier molecular flexibility index (Phi) is 3.31. The smallest absolute Gasteiger partial charge is 0.145 e. The molecule has 116 valence electrons. The molecule has 2 aliphatic heterocycles. The minimum atomic E-state index is -0.812. The molecule has 23 heavy (non-hydrogen) atoms. The third-order valence-corrected chi connectivity index (χ3v) is 4.87. The van der Waals surface area contributed by atoms with E-state index in [2.05, 4.69) is 6.07 Å². The van der Waals surface area contributed by atoms with E-state index in [9.17, 15) is 5.26 Å². The number of hydroxylamine groups is 2. The lowest BCUT2D eigenvalue weighted by atomic mass is 9.71. The summed E-state index contributed by atoms with van der Waals surface area (Å²) in [5.41, 5.74) is 1.05. The number of halogens is 1. The topological polar surface area (TPSA) is 45.5 Å². The van der Waals surface area contributed by atoms with Crippen LogP contribution in [-0.4, -0.2) is 18.7 Å². The Bertz CT molecular complexity index is 804. The molecular formula is C18H15ClN2O2. The van der Waals surface area contributed by atoms with E-state index in [-0.39, 0.29) is 12.6 Å². The van der Waals surface area contributed by atoms with Crippen LogP contribution in [-0.2, 0) is 4.84 Å². The van der Waals surface area contributed by atoms with Crippen LogP contribution in [0, 0.1) is 16.7 Å². The van der Waals surface area contributed by atoms with Gasteiger partial charge in [-0.2, -0.15) is 10.3 Å². The molecule has 3 atom stereocenters. The normalized spacial score (nSPS) is 29.3. The van der Waals surface area contributed by atoms with Crippen LogP contribution in [0.5, 0.6) is 5.75 Å². The molecule has 2 aliphatic rings. The summed E-state index contributed by atoms with van der Waals surface area (Å²) in [5, 5.41) is 12.4. The number of hydrogen-bond donors (Lipinski definition) is 0. The number of ether oxygens (including phenoxy) is 1. The van der Waals surface area contributed by atoms with E-state index in [0.29, 0.717) is 5.02 Å². The van der Waals surface area contributed by atoms with Crippen LogP contribution in [0.25, 0.3) is 0 Å². The summed E-state index contributed by atoms with van der Waals surface area (Å²) in [6.07, 6.45) is -0.422. The molecule has 0 saturated carbocycles. The molecule has 0 aliphatic carbocycles. The first-order chi connectivity index (χ1) is 11.2. The highest BCUT2D eigenvalue weighted by molar-refractivity contribution is 6.30. The van der Waals surface area contributed by atoms with Crippen molar-refractivity contribution in [3.63, 3.8) is 0 Å². The molecule has 2 heterocycles. The average molecular weight is 327 g/mol. The van der Waals surface area contributed by atoms with E-state index in [1.54, 1.807) is 5.06 Å². The summed E-state index contributed by atoms with van der Waals surface area (Å²) in [6.45, 7) is 0.284. The van der Waals surface area contributed by atoms with Gasteiger partial charge in [0, 0.05) is 17.6 Å². The van der Waals surface area contributed by atoms with Gasteiger partial charge in [-0.3, -0.25) is 4.84 Å². The van der Waals surface area contributed by atoms with Crippen molar-refractivity contribution in [1.82, 2.24) is 5.06 Å². The van der Waals surface area contributed by atoms with Crippen LogP contribution in [0.15, 0.2) is 48.5 Å². The first-order valence-corrected chi connectivity index (χ1v) is 7.81. The molecule has 0 bridgehead atoms. The maximum absolute atomic E-state index is 10.0. The molecule has 0 spiro atoms. The molecular weight excluding hydrogens is 312 g/mol. The number of nitrogens with zero attached hydrogens (tertiary/aromatic N) is 2. The van der Waals surface area contributed by atoms with Crippen LogP contribution in [0.1, 0.15) is 23.3 Å². The Morgan fingerprint density at radius 2 is 2.09 bits per heavy atom. The lowest BCUT2D eigenvalue weighted by Crippen LogP contribution is -2.40. The van der Waals surface area contributed by atoms with E-state index in [1.165, 1.54) is 0 Å². The van der Waals surface area contributed by atoms with Gasteiger partial charge >= 0.3 is 0 Å². The SMILES string of the molecule is CN1OC(c2cccc(Cl)c2)C2(C#N)COc3ccccc3C12. The first-order valence-electron chi connectivity index (χ1n) is 7.44. The predicted molar refractivity (Wildman–Crippen MR) is 85.8 cm³/mol. The van der Waals surface area contributed by atoms with Crippen molar-refractivity contribution in [1.29, 1.82) is 5.26 Å². The van der Waals surface area contributed by atoms with Crippen molar-refractivity contribution in [3.8, 4) is 11.8 Å². The third-order valence-electron chi connectivity index (χ3n) is 4.63. The molecule has 1 saturated heterocycles. The number of fused-ring (bicyclic) bond motifs is 3. The number of para-hydroxylation sites is 1. The number of benzene rings is 2. The second-order valence-electron chi connectivity index (χ2n) is 5.97. The minimum absolute atomic E-state index is 0.179. The summed E-state index contributed by atoms with van der Waals surface area (Å²) in [4.78, 5) is 6.07. The number of nitriles is 1. The molecule has 0 amide bonds. The Morgan fingerprint density at radius 1 is 1.26 bits per heavy atom. The monoisotopic (exact) mass is 326 g/mol. The standard InChI is InChI=1S/C18H15ClN2O2/c1-21-16-14-7-2-3-8-15(14)22-11-18(16,10-20)17(23-21)12-5-4-6-13(19)9-12/h2-9,16-17H,11H2,1H3. The fourth-order valence-corrected chi connectivity index (χ4v) is 3.83. The fourth-order valence-electron chi connectivity index (χ4n) is 3.63. The molecule has 0 N–H and O–H groups in total. The van der Waals surface area contributed by atoms with Crippen LogP contribution in [0.3, 0.4) is 0 Å². The second kappa shape index (κ2) is 5.24. The van der Waals surface area contributed by atoms with Gasteiger partial charge in [0.05, 0.1) is 12.1 Å². The van der Waals surface area contributed by atoms with Crippen molar-refractivity contribution < 1.29 is 9.57 Å². The van der Waals surface area contributed by atoms with E-state index < -0.39 is 11.5 Å². The van der Waals surface area contributed by atoms with Crippen LogP contribution in [0.2, 0.25) is 5.02 Å². The Labute approximate surface area is 139 Å². The maximum Gasteiger partial charge on any atom is 0.145 e. The summed E-state index contributed by atoms with van der Waals surface area (Å²) < 4.78 is 5.90. The highest BCUT2D eigenvalue weighted by atomic mass is 35.5. The highest BCUT2D eigenvalue weighted by Gasteiger charge is 2.60. The summed E-state index contributed by atoms with van der Waals surface area (Å²) in [7, 11) is 1.86. The van der Waals surface area contributed by atoms with E-state index in [0.717, 1.165) is 16.9 Å². The molecule has 3 unspecified atom stereocenters. The van der Waals surface area contributed by atoms with Gasteiger partial charge in [-0.25, -0.2) is 0 Å².